The standard InChI is InChI=1S/C24H20FN3O3/c1-15-7-9-17(10-8-15)22-27-24(31-28-22)18-11-13-19(14-12-18)26-23(29)16(2)30-21-6-4-3-5-20(21)25/h3-14,16H,1-2H3,(H,26,29)/t16-/m1/s1. The van der Waals surface area contributed by atoms with E-state index in [1.54, 1.807) is 43.3 Å². The molecule has 0 unspecified atom stereocenters. The molecule has 31 heavy (non-hydrogen) atoms. The van der Waals surface area contributed by atoms with E-state index in [4.69, 9.17) is 9.26 Å². The fraction of sp³-hybridized carbons (Fsp3) is 0.125. The van der Waals surface area contributed by atoms with E-state index in [2.05, 4.69) is 15.5 Å². The van der Waals surface area contributed by atoms with E-state index in [1.165, 1.54) is 12.1 Å². The van der Waals surface area contributed by atoms with E-state index in [0.29, 0.717) is 17.4 Å². The largest absolute Gasteiger partial charge is 0.478 e. The van der Waals surface area contributed by atoms with Crippen LogP contribution in [0.2, 0.25) is 0 Å². The molecule has 4 rings (SSSR count). The van der Waals surface area contributed by atoms with E-state index in [0.717, 1.165) is 16.7 Å². The Morgan fingerprint density at radius 2 is 1.68 bits per heavy atom. The van der Waals surface area contributed by atoms with Crippen molar-refractivity contribution in [2.24, 2.45) is 0 Å². The van der Waals surface area contributed by atoms with Crippen LogP contribution in [0.4, 0.5) is 10.1 Å². The monoisotopic (exact) mass is 417 g/mol. The molecule has 0 aliphatic heterocycles. The molecule has 0 saturated heterocycles. The van der Waals surface area contributed by atoms with E-state index in [9.17, 15) is 9.18 Å². The highest BCUT2D eigenvalue weighted by Gasteiger charge is 2.17. The second kappa shape index (κ2) is 8.79. The Bertz CT molecular complexity index is 1190. The lowest BCUT2D eigenvalue weighted by molar-refractivity contribution is -0.122. The van der Waals surface area contributed by atoms with Crippen molar-refractivity contribution in [2.75, 3.05) is 5.32 Å². The normalized spacial score (nSPS) is 11.7. The van der Waals surface area contributed by atoms with Crippen LogP contribution in [0.5, 0.6) is 5.75 Å². The minimum atomic E-state index is -0.871. The topological polar surface area (TPSA) is 77.2 Å². The number of hydrogen-bond acceptors (Lipinski definition) is 5. The summed E-state index contributed by atoms with van der Waals surface area (Å²) in [4.78, 5) is 16.8. The Kier molecular flexibility index (Phi) is 5.75. The number of carbonyl (C=O) groups is 1. The first kappa shape index (κ1) is 20.3. The summed E-state index contributed by atoms with van der Waals surface area (Å²) in [6, 6.07) is 20.8. The van der Waals surface area contributed by atoms with Crippen molar-refractivity contribution in [3.63, 3.8) is 0 Å². The maximum absolute atomic E-state index is 13.7. The second-order valence-electron chi connectivity index (χ2n) is 7.05. The molecule has 1 aromatic heterocycles. The summed E-state index contributed by atoms with van der Waals surface area (Å²) >= 11 is 0. The molecule has 1 heterocycles. The second-order valence-corrected chi connectivity index (χ2v) is 7.05. The van der Waals surface area contributed by atoms with Crippen LogP contribution in [0.3, 0.4) is 0 Å². The third-order valence-electron chi connectivity index (χ3n) is 4.64. The van der Waals surface area contributed by atoms with Gasteiger partial charge in [-0.15, -0.1) is 0 Å². The molecular weight excluding hydrogens is 397 g/mol. The number of aryl methyl sites for hydroxylation is 1. The number of anilines is 1. The summed E-state index contributed by atoms with van der Waals surface area (Å²) in [5, 5.41) is 6.77. The zero-order chi connectivity index (χ0) is 21.8. The van der Waals surface area contributed by atoms with Crippen molar-refractivity contribution in [1.82, 2.24) is 10.1 Å². The van der Waals surface area contributed by atoms with Gasteiger partial charge in [0.15, 0.2) is 17.7 Å². The number of hydrogen-bond donors (Lipinski definition) is 1. The van der Waals surface area contributed by atoms with E-state index >= 15 is 0 Å². The molecule has 0 fully saturated rings. The van der Waals surface area contributed by atoms with Gasteiger partial charge in [0.05, 0.1) is 0 Å². The number of ether oxygens (including phenoxy) is 1. The predicted octanol–water partition coefficient (Wildman–Crippen LogP) is 5.26. The molecule has 1 atom stereocenters. The molecule has 0 spiro atoms. The Morgan fingerprint density at radius 1 is 1.00 bits per heavy atom. The number of nitrogens with one attached hydrogen (secondary N) is 1. The smallest absolute Gasteiger partial charge is 0.265 e. The van der Waals surface area contributed by atoms with Crippen molar-refractivity contribution in [3.05, 3.63) is 84.2 Å². The van der Waals surface area contributed by atoms with Crippen LogP contribution < -0.4 is 10.1 Å². The minimum Gasteiger partial charge on any atom is -0.478 e. The maximum atomic E-state index is 13.7. The molecule has 0 bridgehead atoms. The zero-order valence-corrected chi connectivity index (χ0v) is 17.0. The minimum absolute atomic E-state index is 0.0290. The van der Waals surface area contributed by atoms with Crippen molar-refractivity contribution >= 4 is 11.6 Å². The average molecular weight is 417 g/mol. The van der Waals surface area contributed by atoms with Gasteiger partial charge >= 0.3 is 0 Å². The summed E-state index contributed by atoms with van der Waals surface area (Å²) in [5.41, 5.74) is 3.31. The van der Waals surface area contributed by atoms with Crippen molar-refractivity contribution in [1.29, 1.82) is 0 Å². The molecule has 3 aromatic carbocycles. The number of aromatic nitrogens is 2. The Hall–Kier alpha value is -4.00. The van der Waals surface area contributed by atoms with Crippen LogP contribution in [-0.4, -0.2) is 22.2 Å². The molecule has 6 nitrogen and oxygen atoms in total. The van der Waals surface area contributed by atoms with Gasteiger partial charge in [0.2, 0.25) is 5.82 Å². The van der Waals surface area contributed by atoms with Crippen LogP contribution in [-0.2, 0) is 4.79 Å². The highest BCUT2D eigenvalue weighted by molar-refractivity contribution is 5.94. The summed E-state index contributed by atoms with van der Waals surface area (Å²) in [6.07, 6.45) is -0.871. The Balaban J connectivity index is 1.41. The summed E-state index contributed by atoms with van der Waals surface area (Å²) < 4.78 is 24.5. The lowest BCUT2D eigenvalue weighted by Gasteiger charge is -2.15. The number of amides is 1. The Morgan fingerprint density at radius 3 is 2.39 bits per heavy atom. The molecule has 0 saturated carbocycles. The summed E-state index contributed by atoms with van der Waals surface area (Å²) in [6.45, 7) is 3.57. The van der Waals surface area contributed by atoms with Crippen molar-refractivity contribution in [2.45, 2.75) is 20.0 Å². The summed E-state index contributed by atoms with van der Waals surface area (Å²) in [7, 11) is 0. The van der Waals surface area contributed by atoms with Crippen LogP contribution in [0.15, 0.2) is 77.3 Å². The molecular formula is C24H20FN3O3. The van der Waals surface area contributed by atoms with Crippen LogP contribution in [0, 0.1) is 12.7 Å². The van der Waals surface area contributed by atoms with Gasteiger partial charge < -0.3 is 14.6 Å². The van der Waals surface area contributed by atoms with Crippen molar-refractivity contribution < 1.29 is 18.4 Å². The SMILES string of the molecule is Cc1ccc(-c2noc(-c3ccc(NC(=O)[C@@H](C)Oc4ccccc4F)cc3)n2)cc1. The zero-order valence-electron chi connectivity index (χ0n) is 17.0. The predicted molar refractivity (Wildman–Crippen MR) is 115 cm³/mol. The lowest BCUT2D eigenvalue weighted by atomic mass is 10.1. The molecule has 0 aliphatic carbocycles. The number of nitrogens with zero attached hydrogens (tertiary/aromatic N) is 2. The van der Waals surface area contributed by atoms with Crippen molar-refractivity contribution in [3.8, 4) is 28.6 Å². The fourth-order valence-corrected chi connectivity index (χ4v) is 2.88. The molecule has 4 aromatic rings. The number of halogens is 1. The van der Waals surface area contributed by atoms with Gasteiger partial charge in [-0.2, -0.15) is 4.98 Å². The molecule has 0 aliphatic rings. The molecule has 156 valence electrons. The van der Waals surface area contributed by atoms with E-state index < -0.39 is 17.8 Å². The fourth-order valence-electron chi connectivity index (χ4n) is 2.88. The van der Waals surface area contributed by atoms with Crippen LogP contribution >= 0.6 is 0 Å². The molecule has 1 N–H and O–H groups in total. The highest BCUT2D eigenvalue weighted by Crippen LogP contribution is 2.24. The highest BCUT2D eigenvalue weighted by atomic mass is 19.1. The van der Waals surface area contributed by atoms with Gasteiger partial charge in [-0.05, 0) is 50.2 Å². The summed E-state index contributed by atoms with van der Waals surface area (Å²) in [5.74, 6) is 0.00370. The van der Waals surface area contributed by atoms with Gasteiger partial charge in [-0.1, -0.05) is 47.1 Å². The Labute approximate surface area is 178 Å². The number of carbonyl (C=O) groups excluding carboxylic acids is 1. The lowest BCUT2D eigenvalue weighted by Crippen LogP contribution is -2.30. The third-order valence-corrected chi connectivity index (χ3v) is 4.64. The quantitative estimate of drug-likeness (QED) is 0.463. The molecule has 0 radical (unpaired) electrons. The van der Waals surface area contributed by atoms with Gasteiger partial charge in [0.1, 0.15) is 0 Å². The van der Waals surface area contributed by atoms with E-state index in [1.807, 2.05) is 31.2 Å². The molecule has 1 amide bonds. The number of rotatable bonds is 6. The first-order valence-corrected chi connectivity index (χ1v) is 9.73. The van der Waals surface area contributed by atoms with E-state index in [-0.39, 0.29) is 5.75 Å². The van der Waals surface area contributed by atoms with Crippen LogP contribution in [0.1, 0.15) is 12.5 Å². The van der Waals surface area contributed by atoms with Gasteiger partial charge in [0.25, 0.3) is 11.8 Å². The van der Waals surface area contributed by atoms with Gasteiger partial charge in [-0.3, -0.25) is 4.79 Å². The first-order chi connectivity index (χ1) is 15.0. The number of para-hydroxylation sites is 1. The molecule has 7 heteroatoms. The first-order valence-electron chi connectivity index (χ1n) is 9.73. The van der Waals surface area contributed by atoms with Gasteiger partial charge in [-0.25, -0.2) is 4.39 Å². The van der Waals surface area contributed by atoms with Crippen LogP contribution in [0.25, 0.3) is 22.8 Å². The number of benzene rings is 3. The third kappa shape index (κ3) is 4.78. The van der Waals surface area contributed by atoms with Gasteiger partial charge in [0, 0.05) is 16.8 Å². The maximum Gasteiger partial charge on any atom is 0.265 e. The average Bonchev–Trinajstić information content (AvgIpc) is 3.26.